The van der Waals surface area contributed by atoms with Crippen LogP contribution in [0.1, 0.15) is 54.5 Å². The number of benzene rings is 1. The summed E-state index contributed by atoms with van der Waals surface area (Å²) in [5.41, 5.74) is 4.78. The molecule has 2 amide bonds. The Hall–Kier alpha value is -3.73. The molecule has 1 saturated carbocycles. The van der Waals surface area contributed by atoms with Crippen molar-refractivity contribution in [3.8, 4) is 0 Å². The molecule has 0 unspecified atom stereocenters. The Bertz CT molecular complexity index is 1270. The second kappa shape index (κ2) is 10.4. The van der Waals surface area contributed by atoms with Gasteiger partial charge in [-0.2, -0.15) is 4.39 Å². The van der Waals surface area contributed by atoms with Gasteiger partial charge < -0.3 is 15.1 Å². The summed E-state index contributed by atoms with van der Waals surface area (Å²) < 4.78 is 29.5. The fourth-order valence-corrected chi connectivity index (χ4v) is 5.50. The number of hydrazine groups is 2. The summed E-state index contributed by atoms with van der Waals surface area (Å²) in [6, 6.07) is 10.9. The number of nitrogens with one attached hydrogen (secondary N) is 2. The maximum absolute atomic E-state index is 14.9. The van der Waals surface area contributed by atoms with Crippen LogP contribution in [0.25, 0.3) is 0 Å². The zero-order chi connectivity index (χ0) is 27.1. The minimum Gasteiger partial charge on any atom is -0.356 e. The van der Waals surface area contributed by atoms with Crippen LogP contribution in [0.3, 0.4) is 0 Å². The van der Waals surface area contributed by atoms with Gasteiger partial charge in [0.05, 0.1) is 24.5 Å². The molecule has 0 radical (unpaired) electrons. The second-order valence-corrected chi connectivity index (χ2v) is 10.8. The Kier molecular flexibility index (Phi) is 6.84. The highest BCUT2D eigenvalue weighted by molar-refractivity contribution is 5.89. The molecule has 2 aromatic rings. The molecule has 1 aromatic carbocycles. The van der Waals surface area contributed by atoms with E-state index in [2.05, 4.69) is 20.7 Å². The Morgan fingerprint density at radius 3 is 2.59 bits per heavy atom. The normalized spacial score (nSPS) is 23.5. The number of pyridine rings is 1. The molecule has 4 aliphatic rings. The number of rotatable bonds is 8. The minimum absolute atomic E-state index is 0.0459. The number of amides is 2. The molecule has 11 heteroatoms. The number of hydrogen-bond donors (Lipinski definition) is 2. The Morgan fingerprint density at radius 1 is 1.15 bits per heavy atom. The maximum atomic E-state index is 14.9. The molecule has 3 fully saturated rings. The number of carbonyl (C=O) groups is 2. The number of nitrogens with zero attached hydrogens (tertiary/aromatic N) is 5. The number of aromatic nitrogens is 1. The van der Waals surface area contributed by atoms with Crippen molar-refractivity contribution in [2.45, 2.75) is 49.9 Å². The molecule has 0 bridgehead atoms. The molecule has 0 spiro atoms. The van der Waals surface area contributed by atoms with E-state index in [0.717, 1.165) is 43.7 Å². The highest BCUT2D eigenvalue weighted by Crippen LogP contribution is 2.41. The van der Waals surface area contributed by atoms with Crippen molar-refractivity contribution in [3.63, 3.8) is 0 Å². The summed E-state index contributed by atoms with van der Waals surface area (Å²) in [6.07, 6.45) is 3.48. The van der Waals surface area contributed by atoms with Crippen molar-refractivity contribution < 1.29 is 18.4 Å². The van der Waals surface area contributed by atoms with Gasteiger partial charge in [-0.25, -0.2) is 9.37 Å². The standard InChI is InChI=1S/C28H33F2N7O2/c1-34-24(35-12-5-13-35)16-36(33-34)17-25(38)37-15-20(29)14-23(37)28(39)32-26(19-6-3-2-4-7-19)22-11-10-21(18-8-9-18)27(30)31-22/h2-4,6-7,10-11,16,18,20,23,26,33H,5,8-9,12-15,17H2,1H3,(H,32,39)/t20-,23+,26+/m1/s1. The molecule has 9 nitrogen and oxygen atoms in total. The van der Waals surface area contributed by atoms with Gasteiger partial charge in [-0.3, -0.25) is 19.6 Å². The Balaban J connectivity index is 1.18. The lowest BCUT2D eigenvalue weighted by molar-refractivity contribution is -0.139. The highest BCUT2D eigenvalue weighted by Gasteiger charge is 2.41. The van der Waals surface area contributed by atoms with Crippen LogP contribution in [0, 0.1) is 5.95 Å². The van der Waals surface area contributed by atoms with E-state index in [4.69, 9.17) is 0 Å². The minimum atomic E-state index is -1.31. The fraction of sp³-hybridized carbons (Fsp3) is 0.464. The first-order valence-electron chi connectivity index (χ1n) is 13.6. The molecule has 2 saturated heterocycles. The average Bonchev–Trinajstić information content (AvgIpc) is 3.56. The number of carbonyl (C=O) groups excluding carboxylic acids is 2. The predicted molar refractivity (Wildman–Crippen MR) is 139 cm³/mol. The van der Waals surface area contributed by atoms with Crippen LogP contribution in [0.15, 0.2) is 54.5 Å². The number of hydrogen-bond acceptors (Lipinski definition) is 7. The van der Waals surface area contributed by atoms with Gasteiger partial charge >= 0.3 is 0 Å². The maximum Gasteiger partial charge on any atom is 0.244 e. The van der Waals surface area contributed by atoms with Gasteiger partial charge in [0.15, 0.2) is 0 Å². The van der Waals surface area contributed by atoms with Crippen molar-refractivity contribution in [2.75, 3.05) is 33.2 Å². The van der Waals surface area contributed by atoms with Crippen LogP contribution in [0.4, 0.5) is 8.78 Å². The van der Waals surface area contributed by atoms with E-state index in [1.165, 1.54) is 4.90 Å². The lowest BCUT2D eigenvalue weighted by Crippen LogP contribution is -2.51. The number of likely N-dealkylation sites (tertiary alicyclic amines) is 2. The summed E-state index contributed by atoms with van der Waals surface area (Å²) in [6.45, 7) is 1.72. The third kappa shape index (κ3) is 5.27. The van der Waals surface area contributed by atoms with Crippen LogP contribution in [0.5, 0.6) is 0 Å². The molecule has 6 rings (SSSR count). The zero-order valence-electron chi connectivity index (χ0n) is 21.9. The summed E-state index contributed by atoms with van der Waals surface area (Å²) >= 11 is 0. The molecule has 1 aromatic heterocycles. The molecule has 3 atom stereocenters. The summed E-state index contributed by atoms with van der Waals surface area (Å²) in [4.78, 5) is 34.5. The summed E-state index contributed by atoms with van der Waals surface area (Å²) in [5, 5.41) is 6.43. The van der Waals surface area contributed by atoms with E-state index >= 15 is 0 Å². The van der Waals surface area contributed by atoms with Gasteiger partial charge in [0.25, 0.3) is 0 Å². The smallest absolute Gasteiger partial charge is 0.244 e. The molecule has 3 aliphatic heterocycles. The van der Waals surface area contributed by atoms with Crippen LogP contribution in [-0.2, 0) is 9.59 Å². The highest BCUT2D eigenvalue weighted by atomic mass is 19.1. The fourth-order valence-electron chi connectivity index (χ4n) is 5.50. The first kappa shape index (κ1) is 25.5. The van der Waals surface area contributed by atoms with Crippen molar-refractivity contribution >= 4 is 11.8 Å². The molecule has 4 heterocycles. The third-order valence-electron chi connectivity index (χ3n) is 7.88. The quantitative estimate of drug-likeness (QED) is 0.501. The number of alkyl halides is 1. The SMILES string of the molecule is CN1NN(CC(=O)N2C[C@H](F)C[C@H]2C(=O)N[C@@H](c2ccccc2)c2ccc(C3CC3)c(F)n2)C=C1N1CCC1. The molecule has 2 N–H and O–H groups in total. The van der Waals surface area contributed by atoms with E-state index in [-0.39, 0.29) is 31.3 Å². The summed E-state index contributed by atoms with van der Waals surface area (Å²) in [7, 11) is 1.87. The predicted octanol–water partition coefficient (Wildman–Crippen LogP) is 2.41. The molecule has 39 heavy (non-hydrogen) atoms. The van der Waals surface area contributed by atoms with E-state index < -0.39 is 30.1 Å². The first-order valence-corrected chi connectivity index (χ1v) is 13.6. The van der Waals surface area contributed by atoms with Crippen molar-refractivity contribution in [1.82, 2.24) is 35.7 Å². The van der Waals surface area contributed by atoms with Gasteiger partial charge in [0.1, 0.15) is 24.6 Å². The van der Waals surface area contributed by atoms with Crippen molar-refractivity contribution in [3.05, 3.63) is 77.3 Å². The van der Waals surface area contributed by atoms with Gasteiger partial charge in [0.2, 0.25) is 17.8 Å². The first-order chi connectivity index (χ1) is 18.9. The van der Waals surface area contributed by atoms with Crippen molar-refractivity contribution in [2.24, 2.45) is 0 Å². The molecule has 1 aliphatic carbocycles. The summed E-state index contributed by atoms with van der Waals surface area (Å²) in [5.74, 6) is -0.204. The van der Waals surface area contributed by atoms with Gasteiger partial charge in [0, 0.05) is 32.1 Å². The topological polar surface area (TPSA) is 84.0 Å². The average molecular weight is 538 g/mol. The largest absolute Gasteiger partial charge is 0.356 e. The monoisotopic (exact) mass is 537 g/mol. The Morgan fingerprint density at radius 2 is 1.92 bits per heavy atom. The van der Waals surface area contributed by atoms with Gasteiger partial charge in [-0.15, -0.1) is 5.53 Å². The van der Waals surface area contributed by atoms with E-state index in [9.17, 15) is 18.4 Å². The lowest BCUT2D eigenvalue weighted by atomic mass is 10.0. The molecular weight excluding hydrogens is 504 g/mol. The second-order valence-electron chi connectivity index (χ2n) is 10.8. The molecular formula is C28H33F2N7O2. The van der Waals surface area contributed by atoms with Gasteiger partial charge in [-0.1, -0.05) is 36.4 Å². The van der Waals surface area contributed by atoms with Gasteiger partial charge in [-0.05, 0) is 36.8 Å². The van der Waals surface area contributed by atoms with Crippen LogP contribution in [0.2, 0.25) is 0 Å². The van der Waals surface area contributed by atoms with Crippen molar-refractivity contribution in [1.29, 1.82) is 0 Å². The molecule has 206 valence electrons. The number of halogens is 2. The van der Waals surface area contributed by atoms with Crippen LogP contribution >= 0.6 is 0 Å². The lowest BCUT2D eigenvalue weighted by Gasteiger charge is -2.36. The third-order valence-corrected chi connectivity index (χ3v) is 7.88. The van der Waals surface area contributed by atoms with E-state index in [1.54, 1.807) is 17.1 Å². The van der Waals surface area contributed by atoms with E-state index in [0.29, 0.717) is 11.3 Å². The van der Waals surface area contributed by atoms with E-state index in [1.807, 2.05) is 48.6 Å². The zero-order valence-corrected chi connectivity index (χ0v) is 21.9. The van der Waals surface area contributed by atoms with Crippen LogP contribution in [-0.4, -0.2) is 82.1 Å². The van der Waals surface area contributed by atoms with Crippen LogP contribution < -0.4 is 10.9 Å². The Labute approximate surface area is 226 Å².